The number of rotatable bonds is 3. The first-order valence-electron chi connectivity index (χ1n) is 8.02. The number of amides is 1. The molecule has 1 aromatic rings. The molecule has 4 heteroatoms. The Morgan fingerprint density at radius 2 is 2.00 bits per heavy atom. The minimum atomic E-state index is -0.0740. The van der Waals surface area contributed by atoms with Crippen LogP contribution >= 0.6 is 0 Å². The van der Waals surface area contributed by atoms with Crippen molar-refractivity contribution in [3.05, 3.63) is 23.8 Å². The maximum atomic E-state index is 11.5. The van der Waals surface area contributed by atoms with Gasteiger partial charge in [-0.25, -0.2) is 0 Å². The van der Waals surface area contributed by atoms with Crippen molar-refractivity contribution in [1.29, 1.82) is 0 Å². The third-order valence-electron chi connectivity index (χ3n) is 4.68. The Balaban J connectivity index is 1.83. The van der Waals surface area contributed by atoms with Gasteiger partial charge in [0.1, 0.15) is 5.75 Å². The Kier molecular flexibility index (Phi) is 4.44. The number of hydrogen-bond donors (Lipinski definition) is 2. The van der Waals surface area contributed by atoms with Crippen LogP contribution in [0.1, 0.15) is 50.1 Å². The minimum Gasteiger partial charge on any atom is -0.482 e. The first kappa shape index (κ1) is 14.4. The molecule has 0 spiro atoms. The predicted molar refractivity (Wildman–Crippen MR) is 83.6 cm³/mol. The van der Waals surface area contributed by atoms with Crippen molar-refractivity contribution < 1.29 is 9.53 Å². The summed E-state index contributed by atoms with van der Waals surface area (Å²) < 4.78 is 5.44. The van der Waals surface area contributed by atoms with E-state index in [0.29, 0.717) is 12.0 Å². The van der Waals surface area contributed by atoms with Gasteiger partial charge in [-0.05, 0) is 43.5 Å². The molecule has 0 saturated heterocycles. The molecule has 1 unspecified atom stereocenters. The van der Waals surface area contributed by atoms with Crippen molar-refractivity contribution in [3.63, 3.8) is 0 Å². The van der Waals surface area contributed by atoms with Crippen LogP contribution in [0.25, 0.3) is 0 Å². The van der Waals surface area contributed by atoms with Crippen molar-refractivity contribution in [3.8, 4) is 5.75 Å². The number of carbonyl (C=O) groups is 1. The molecule has 2 aliphatic rings. The SMILES string of the molecule is CNC(c1ccc2c(c1)NC(=O)CO2)C1CCCCCC1. The number of carbonyl (C=O) groups excluding carboxylic acids is 1. The summed E-state index contributed by atoms with van der Waals surface area (Å²) >= 11 is 0. The first-order valence-corrected chi connectivity index (χ1v) is 8.02. The van der Waals surface area contributed by atoms with Crippen LogP contribution in [0.4, 0.5) is 5.69 Å². The molecule has 1 amide bonds. The highest BCUT2D eigenvalue weighted by molar-refractivity contribution is 5.95. The fourth-order valence-corrected chi connectivity index (χ4v) is 3.61. The quantitative estimate of drug-likeness (QED) is 0.839. The van der Waals surface area contributed by atoms with Crippen LogP contribution in [0.5, 0.6) is 5.75 Å². The Hall–Kier alpha value is -1.55. The monoisotopic (exact) mass is 288 g/mol. The molecule has 1 heterocycles. The smallest absolute Gasteiger partial charge is 0.262 e. The lowest BCUT2D eigenvalue weighted by atomic mass is 9.87. The molecule has 2 N–H and O–H groups in total. The van der Waals surface area contributed by atoms with E-state index in [2.05, 4.69) is 22.8 Å². The zero-order valence-corrected chi connectivity index (χ0v) is 12.7. The van der Waals surface area contributed by atoms with Gasteiger partial charge in [-0.15, -0.1) is 0 Å². The normalized spacial score (nSPS) is 20.9. The molecule has 4 nitrogen and oxygen atoms in total. The highest BCUT2D eigenvalue weighted by Crippen LogP contribution is 2.37. The highest BCUT2D eigenvalue weighted by atomic mass is 16.5. The molecule has 0 bridgehead atoms. The molecule has 21 heavy (non-hydrogen) atoms. The van der Waals surface area contributed by atoms with E-state index in [0.717, 1.165) is 11.4 Å². The fourth-order valence-electron chi connectivity index (χ4n) is 3.61. The lowest BCUT2D eigenvalue weighted by molar-refractivity contribution is -0.118. The third kappa shape index (κ3) is 3.21. The van der Waals surface area contributed by atoms with E-state index in [4.69, 9.17) is 4.74 Å². The van der Waals surface area contributed by atoms with Crippen LogP contribution in [0, 0.1) is 5.92 Å². The fraction of sp³-hybridized carbons (Fsp3) is 0.588. The van der Waals surface area contributed by atoms with Crippen molar-refractivity contribution in [2.45, 2.75) is 44.6 Å². The number of ether oxygens (including phenoxy) is 1. The second-order valence-corrected chi connectivity index (χ2v) is 6.11. The molecule has 1 saturated carbocycles. The Labute approximate surface area is 126 Å². The second-order valence-electron chi connectivity index (χ2n) is 6.11. The van der Waals surface area contributed by atoms with Gasteiger partial charge in [-0.2, -0.15) is 0 Å². The molecule has 3 rings (SSSR count). The standard InChI is InChI=1S/C17H24N2O2/c1-18-17(12-6-4-2-3-5-7-12)13-8-9-15-14(10-13)19-16(20)11-21-15/h8-10,12,17-18H,2-7,11H2,1H3,(H,19,20). The van der Waals surface area contributed by atoms with Gasteiger partial charge in [0.05, 0.1) is 5.69 Å². The topological polar surface area (TPSA) is 50.4 Å². The molecule has 1 aliphatic heterocycles. The van der Waals surface area contributed by atoms with Gasteiger partial charge in [0.2, 0.25) is 0 Å². The van der Waals surface area contributed by atoms with E-state index in [1.165, 1.54) is 44.1 Å². The molecule has 1 aromatic carbocycles. The number of fused-ring (bicyclic) bond motifs is 1. The summed E-state index contributed by atoms with van der Waals surface area (Å²) in [6, 6.07) is 6.53. The molecule has 1 fully saturated rings. The molecule has 1 atom stereocenters. The largest absolute Gasteiger partial charge is 0.482 e. The van der Waals surface area contributed by atoms with E-state index in [9.17, 15) is 4.79 Å². The molecule has 0 aromatic heterocycles. The Morgan fingerprint density at radius 1 is 1.24 bits per heavy atom. The molecular weight excluding hydrogens is 264 g/mol. The van der Waals surface area contributed by atoms with Crippen molar-refractivity contribution in [2.24, 2.45) is 5.92 Å². The summed E-state index contributed by atoms with van der Waals surface area (Å²) in [4.78, 5) is 11.5. The third-order valence-corrected chi connectivity index (χ3v) is 4.68. The summed E-state index contributed by atoms with van der Waals surface area (Å²) in [5, 5.41) is 6.38. The van der Waals surface area contributed by atoms with Crippen LogP contribution in [-0.4, -0.2) is 19.6 Å². The summed E-state index contributed by atoms with van der Waals surface area (Å²) in [6.45, 7) is 0.116. The predicted octanol–water partition coefficient (Wildman–Crippen LogP) is 3.25. The molecule has 114 valence electrons. The molecule has 0 radical (unpaired) electrons. The van der Waals surface area contributed by atoms with Gasteiger partial charge in [-0.3, -0.25) is 4.79 Å². The van der Waals surface area contributed by atoms with E-state index in [1.807, 2.05) is 13.1 Å². The summed E-state index contributed by atoms with van der Waals surface area (Å²) in [7, 11) is 2.03. The summed E-state index contributed by atoms with van der Waals surface area (Å²) in [6.07, 6.45) is 7.94. The number of benzene rings is 1. The zero-order chi connectivity index (χ0) is 14.7. The zero-order valence-electron chi connectivity index (χ0n) is 12.7. The van der Waals surface area contributed by atoms with E-state index >= 15 is 0 Å². The number of anilines is 1. The minimum absolute atomic E-state index is 0.0740. The number of nitrogens with one attached hydrogen (secondary N) is 2. The first-order chi connectivity index (χ1) is 10.3. The Bertz CT molecular complexity index is 508. The maximum Gasteiger partial charge on any atom is 0.262 e. The van der Waals surface area contributed by atoms with Crippen LogP contribution in [0.3, 0.4) is 0 Å². The van der Waals surface area contributed by atoms with Crippen molar-refractivity contribution in [2.75, 3.05) is 19.0 Å². The van der Waals surface area contributed by atoms with Gasteiger partial charge in [0.25, 0.3) is 5.91 Å². The molecule has 1 aliphatic carbocycles. The van der Waals surface area contributed by atoms with Gasteiger partial charge in [0, 0.05) is 6.04 Å². The summed E-state index contributed by atoms with van der Waals surface area (Å²) in [5.41, 5.74) is 2.05. The Morgan fingerprint density at radius 3 is 2.71 bits per heavy atom. The average molecular weight is 288 g/mol. The van der Waals surface area contributed by atoms with Crippen LogP contribution < -0.4 is 15.4 Å². The molecular formula is C17H24N2O2. The van der Waals surface area contributed by atoms with E-state index in [-0.39, 0.29) is 12.5 Å². The maximum absolute atomic E-state index is 11.5. The number of hydrogen-bond acceptors (Lipinski definition) is 3. The van der Waals surface area contributed by atoms with Crippen LogP contribution in [0.2, 0.25) is 0 Å². The summed E-state index contributed by atoms with van der Waals surface area (Å²) in [5.74, 6) is 1.37. The van der Waals surface area contributed by atoms with Gasteiger partial charge >= 0.3 is 0 Å². The van der Waals surface area contributed by atoms with Crippen LogP contribution in [0.15, 0.2) is 18.2 Å². The van der Waals surface area contributed by atoms with Gasteiger partial charge in [0.15, 0.2) is 6.61 Å². The lowest BCUT2D eigenvalue weighted by Crippen LogP contribution is -2.27. The van der Waals surface area contributed by atoms with Crippen molar-refractivity contribution >= 4 is 11.6 Å². The van der Waals surface area contributed by atoms with Crippen LogP contribution in [-0.2, 0) is 4.79 Å². The average Bonchev–Trinajstić information content (AvgIpc) is 2.77. The second kappa shape index (κ2) is 6.48. The van der Waals surface area contributed by atoms with Gasteiger partial charge < -0.3 is 15.4 Å². The van der Waals surface area contributed by atoms with E-state index in [1.54, 1.807) is 0 Å². The van der Waals surface area contributed by atoms with Gasteiger partial charge in [-0.1, -0.05) is 31.7 Å². The van der Waals surface area contributed by atoms with E-state index < -0.39 is 0 Å². The van der Waals surface area contributed by atoms with Crippen molar-refractivity contribution in [1.82, 2.24) is 5.32 Å². The lowest BCUT2D eigenvalue weighted by Gasteiger charge is -2.28. The highest BCUT2D eigenvalue weighted by Gasteiger charge is 2.25.